The molecule has 184 valence electrons. The van der Waals surface area contributed by atoms with Crippen LogP contribution in [0.25, 0.3) is 0 Å². The molecule has 31 heavy (non-hydrogen) atoms. The quantitative estimate of drug-likeness (QED) is 0.178. The zero-order valence-corrected chi connectivity index (χ0v) is 20.3. The van der Waals surface area contributed by atoms with Crippen LogP contribution in [0.4, 0.5) is 0 Å². The minimum Gasteiger partial charge on any atom is -0.463 e. The Morgan fingerprint density at radius 2 is 0.871 bits per heavy atom. The summed E-state index contributed by atoms with van der Waals surface area (Å²) < 4.78 is 26.8. The van der Waals surface area contributed by atoms with E-state index in [9.17, 15) is 9.59 Å². The van der Waals surface area contributed by atoms with E-state index in [4.69, 9.17) is 23.7 Å². The lowest BCUT2D eigenvalue weighted by Crippen LogP contribution is -2.20. The summed E-state index contributed by atoms with van der Waals surface area (Å²) in [5.41, 5.74) is 0. The lowest BCUT2D eigenvalue weighted by Gasteiger charge is -2.14. The SMILES string of the molecule is CCCC[C@@H](CC)C(=O)OCCOCCOCCOCCOC(=O)[C@H](CC)CCCC. The first-order valence-corrected chi connectivity index (χ1v) is 12.2. The predicted octanol–water partition coefficient (Wildman–Crippen LogP) is 4.56. The summed E-state index contributed by atoms with van der Waals surface area (Å²) in [5.74, 6) is -0.239. The highest BCUT2D eigenvalue weighted by Crippen LogP contribution is 2.15. The molecule has 0 saturated carbocycles. The Bertz CT molecular complexity index is 390. The molecule has 0 aliphatic heterocycles. The largest absolute Gasteiger partial charge is 0.463 e. The lowest BCUT2D eigenvalue weighted by molar-refractivity contribution is -0.151. The summed E-state index contributed by atoms with van der Waals surface area (Å²) in [6.07, 6.45) is 7.69. The van der Waals surface area contributed by atoms with Crippen molar-refractivity contribution >= 4 is 11.9 Å². The van der Waals surface area contributed by atoms with Gasteiger partial charge in [-0.15, -0.1) is 0 Å². The van der Waals surface area contributed by atoms with E-state index >= 15 is 0 Å². The number of carbonyl (C=O) groups is 2. The highest BCUT2D eigenvalue weighted by molar-refractivity contribution is 5.72. The number of hydrogen-bond acceptors (Lipinski definition) is 7. The molecule has 0 bridgehead atoms. The Kier molecular flexibility index (Phi) is 21.2. The van der Waals surface area contributed by atoms with Crippen molar-refractivity contribution in [1.82, 2.24) is 0 Å². The highest BCUT2D eigenvalue weighted by Gasteiger charge is 2.17. The maximum Gasteiger partial charge on any atom is 0.308 e. The van der Waals surface area contributed by atoms with Crippen LogP contribution in [0.15, 0.2) is 0 Å². The standard InChI is InChI=1S/C24H46O7/c1-5-9-11-21(7-3)23(25)30-19-17-28-15-13-27-14-16-29-18-20-31-24(26)22(8-4)12-10-6-2/h21-22H,5-20H2,1-4H3/t21-,22-/m1/s1. The minimum absolute atomic E-state index is 0.000865. The van der Waals surface area contributed by atoms with E-state index in [1.165, 1.54) is 0 Å². The molecule has 0 unspecified atom stereocenters. The van der Waals surface area contributed by atoms with Crippen molar-refractivity contribution in [1.29, 1.82) is 0 Å². The van der Waals surface area contributed by atoms with Gasteiger partial charge in [0.2, 0.25) is 0 Å². The van der Waals surface area contributed by atoms with Crippen LogP contribution in [0.2, 0.25) is 0 Å². The maximum atomic E-state index is 11.9. The molecule has 0 aromatic heterocycles. The highest BCUT2D eigenvalue weighted by atomic mass is 16.6. The summed E-state index contributed by atoms with van der Waals surface area (Å²) >= 11 is 0. The van der Waals surface area contributed by atoms with Gasteiger partial charge in [0.15, 0.2) is 0 Å². The lowest BCUT2D eigenvalue weighted by atomic mass is 10.00. The van der Waals surface area contributed by atoms with Crippen molar-refractivity contribution in [2.75, 3.05) is 52.9 Å². The number of hydrogen-bond donors (Lipinski definition) is 0. The van der Waals surface area contributed by atoms with Gasteiger partial charge < -0.3 is 23.7 Å². The predicted molar refractivity (Wildman–Crippen MR) is 121 cm³/mol. The fourth-order valence-electron chi connectivity index (χ4n) is 3.06. The van der Waals surface area contributed by atoms with Gasteiger partial charge in [0.1, 0.15) is 13.2 Å². The number of ether oxygens (including phenoxy) is 5. The van der Waals surface area contributed by atoms with Crippen LogP contribution in [0.1, 0.15) is 79.1 Å². The maximum absolute atomic E-state index is 11.9. The van der Waals surface area contributed by atoms with Crippen molar-refractivity contribution in [2.24, 2.45) is 11.8 Å². The summed E-state index contributed by atoms with van der Waals surface area (Å²) in [6, 6.07) is 0. The fraction of sp³-hybridized carbons (Fsp3) is 0.917. The second kappa shape index (κ2) is 22.0. The molecule has 0 aromatic carbocycles. The Labute approximate surface area is 189 Å². The van der Waals surface area contributed by atoms with E-state index in [0.717, 1.165) is 51.4 Å². The molecule has 0 heterocycles. The van der Waals surface area contributed by atoms with Crippen molar-refractivity contribution in [3.63, 3.8) is 0 Å². The minimum atomic E-state index is -0.121. The summed E-state index contributed by atoms with van der Waals surface area (Å²) in [7, 11) is 0. The van der Waals surface area contributed by atoms with Crippen LogP contribution < -0.4 is 0 Å². The Morgan fingerprint density at radius 1 is 0.548 bits per heavy atom. The second-order valence-electron chi connectivity index (χ2n) is 7.67. The third-order valence-electron chi connectivity index (χ3n) is 5.15. The molecule has 0 rings (SSSR count). The smallest absolute Gasteiger partial charge is 0.308 e. The third kappa shape index (κ3) is 17.1. The average molecular weight is 447 g/mol. The van der Waals surface area contributed by atoms with Crippen molar-refractivity contribution in [2.45, 2.75) is 79.1 Å². The zero-order chi connectivity index (χ0) is 23.2. The van der Waals surface area contributed by atoms with E-state index in [2.05, 4.69) is 13.8 Å². The summed E-state index contributed by atoms with van der Waals surface area (Å²) in [5, 5.41) is 0. The van der Waals surface area contributed by atoms with Crippen LogP contribution in [0.3, 0.4) is 0 Å². The zero-order valence-electron chi connectivity index (χ0n) is 20.3. The van der Waals surface area contributed by atoms with Crippen LogP contribution in [-0.2, 0) is 33.3 Å². The third-order valence-corrected chi connectivity index (χ3v) is 5.15. The average Bonchev–Trinajstić information content (AvgIpc) is 2.77. The second-order valence-corrected chi connectivity index (χ2v) is 7.67. The van der Waals surface area contributed by atoms with E-state index in [0.29, 0.717) is 39.6 Å². The van der Waals surface area contributed by atoms with Crippen LogP contribution >= 0.6 is 0 Å². The molecule has 0 aliphatic carbocycles. The van der Waals surface area contributed by atoms with Gasteiger partial charge >= 0.3 is 11.9 Å². The van der Waals surface area contributed by atoms with Gasteiger partial charge in [-0.05, 0) is 25.7 Å². The van der Waals surface area contributed by atoms with E-state index in [-0.39, 0.29) is 37.0 Å². The van der Waals surface area contributed by atoms with Crippen LogP contribution in [0, 0.1) is 11.8 Å². The monoisotopic (exact) mass is 446 g/mol. The number of carbonyl (C=O) groups excluding carboxylic acids is 2. The topological polar surface area (TPSA) is 80.3 Å². The molecule has 0 amide bonds. The first kappa shape index (κ1) is 29.8. The van der Waals surface area contributed by atoms with Gasteiger partial charge in [0, 0.05) is 0 Å². The number of esters is 2. The molecule has 7 nitrogen and oxygen atoms in total. The molecule has 2 atom stereocenters. The first-order valence-electron chi connectivity index (χ1n) is 12.2. The first-order chi connectivity index (χ1) is 15.1. The summed E-state index contributed by atoms with van der Waals surface area (Å²) in [4.78, 5) is 23.9. The van der Waals surface area contributed by atoms with Gasteiger partial charge in [-0.3, -0.25) is 9.59 Å². The fourth-order valence-corrected chi connectivity index (χ4v) is 3.06. The van der Waals surface area contributed by atoms with E-state index in [1.807, 2.05) is 13.8 Å². The Balaban J connectivity index is 3.47. The van der Waals surface area contributed by atoms with Gasteiger partial charge in [-0.2, -0.15) is 0 Å². The van der Waals surface area contributed by atoms with Gasteiger partial charge in [0.25, 0.3) is 0 Å². The molecule has 0 aromatic rings. The number of rotatable bonds is 22. The van der Waals surface area contributed by atoms with E-state index in [1.54, 1.807) is 0 Å². The molecular weight excluding hydrogens is 400 g/mol. The van der Waals surface area contributed by atoms with Crippen molar-refractivity contribution in [3.8, 4) is 0 Å². The summed E-state index contributed by atoms with van der Waals surface area (Å²) in [6.45, 7) is 11.4. The van der Waals surface area contributed by atoms with E-state index < -0.39 is 0 Å². The van der Waals surface area contributed by atoms with Crippen LogP contribution in [0.5, 0.6) is 0 Å². The molecule has 0 saturated heterocycles. The van der Waals surface area contributed by atoms with Crippen molar-refractivity contribution < 1.29 is 33.3 Å². The van der Waals surface area contributed by atoms with Gasteiger partial charge in [0.05, 0.1) is 51.5 Å². The molecular formula is C24H46O7. The molecule has 0 spiro atoms. The van der Waals surface area contributed by atoms with Crippen LogP contribution in [-0.4, -0.2) is 64.8 Å². The van der Waals surface area contributed by atoms with Gasteiger partial charge in [-0.1, -0.05) is 53.4 Å². The van der Waals surface area contributed by atoms with Gasteiger partial charge in [-0.25, -0.2) is 0 Å². The molecule has 0 radical (unpaired) electrons. The Morgan fingerprint density at radius 3 is 1.16 bits per heavy atom. The molecule has 7 heteroatoms. The molecule has 0 N–H and O–H groups in total. The Hall–Kier alpha value is -1.18. The van der Waals surface area contributed by atoms with Crippen molar-refractivity contribution in [3.05, 3.63) is 0 Å². The molecule has 0 fully saturated rings. The molecule has 0 aliphatic rings. The number of unbranched alkanes of at least 4 members (excludes halogenated alkanes) is 2. The normalized spacial score (nSPS) is 13.0.